The molecule has 17 heavy (non-hydrogen) atoms. The molecule has 4 heteroatoms. The molecule has 0 radical (unpaired) electrons. The van der Waals surface area contributed by atoms with E-state index in [1.807, 2.05) is 4.90 Å². The largest absolute Gasteiger partial charge is 0.340 e. The first-order valence-corrected chi connectivity index (χ1v) is 6.50. The van der Waals surface area contributed by atoms with Gasteiger partial charge in [-0.15, -0.1) is 0 Å². The van der Waals surface area contributed by atoms with Crippen molar-refractivity contribution in [3.8, 4) is 6.07 Å². The number of carbonyl (C=O) groups excluding carboxylic acids is 1. The Kier molecular flexibility index (Phi) is 5.99. The Hall–Kier alpha value is -1.08. The Morgan fingerprint density at radius 1 is 1.29 bits per heavy atom. The molecule has 0 atom stereocenters. The number of nitrogens with zero attached hydrogens (tertiary/aromatic N) is 3. The zero-order valence-electron chi connectivity index (χ0n) is 11.0. The number of carbonyl (C=O) groups is 1. The molecular weight excluding hydrogens is 214 g/mol. The Bertz CT molecular complexity index is 275. The van der Waals surface area contributed by atoms with Crippen molar-refractivity contribution in [1.29, 1.82) is 5.26 Å². The van der Waals surface area contributed by atoms with Gasteiger partial charge in [0.2, 0.25) is 5.91 Å². The van der Waals surface area contributed by atoms with Crippen molar-refractivity contribution in [3.63, 3.8) is 0 Å². The van der Waals surface area contributed by atoms with Gasteiger partial charge in [-0.1, -0.05) is 13.8 Å². The highest BCUT2D eigenvalue weighted by Gasteiger charge is 2.20. The molecule has 96 valence electrons. The fourth-order valence-electron chi connectivity index (χ4n) is 2.08. The van der Waals surface area contributed by atoms with Crippen molar-refractivity contribution < 1.29 is 4.79 Å². The van der Waals surface area contributed by atoms with Crippen LogP contribution in [0.4, 0.5) is 0 Å². The topological polar surface area (TPSA) is 47.3 Å². The van der Waals surface area contributed by atoms with Crippen LogP contribution in [-0.2, 0) is 4.79 Å². The number of hydrogen-bond donors (Lipinski definition) is 0. The summed E-state index contributed by atoms with van der Waals surface area (Å²) in [5, 5.41) is 8.47. The van der Waals surface area contributed by atoms with Crippen LogP contribution in [0.1, 0.15) is 33.1 Å². The summed E-state index contributed by atoms with van der Waals surface area (Å²) in [6.07, 6.45) is 2.23. The maximum Gasteiger partial charge on any atom is 0.222 e. The zero-order valence-corrected chi connectivity index (χ0v) is 11.0. The van der Waals surface area contributed by atoms with Crippen LogP contribution in [0.25, 0.3) is 0 Å². The Morgan fingerprint density at radius 2 is 1.94 bits per heavy atom. The molecule has 1 aliphatic rings. The van der Waals surface area contributed by atoms with E-state index in [0.717, 1.165) is 39.1 Å². The molecule has 1 heterocycles. The maximum absolute atomic E-state index is 11.8. The summed E-state index contributed by atoms with van der Waals surface area (Å²) in [4.78, 5) is 16.2. The average molecular weight is 237 g/mol. The van der Waals surface area contributed by atoms with Gasteiger partial charge in [0.05, 0.1) is 6.07 Å². The van der Waals surface area contributed by atoms with Crippen molar-refractivity contribution in [1.82, 2.24) is 9.80 Å². The van der Waals surface area contributed by atoms with Crippen molar-refractivity contribution in [2.45, 2.75) is 33.1 Å². The highest BCUT2D eigenvalue weighted by Crippen LogP contribution is 2.08. The zero-order chi connectivity index (χ0) is 12.7. The average Bonchev–Trinajstić information content (AvgIpc) is 2.29. The smallest absolute Gasteiger partial charge is 0.222 e. The summed E-state index contributed by atoms with van der Waals surface area (Å²) < 4.78 is 0. The van der Waals surface area contributed by atoms with Gasteiger partial charge in [0.1, 0.15) is 0 Å². The third-order valence-electron chi connectivity index (χ3n) is 3.07. The van der Waals surface area contributed by atoms with E-state index >= 15 is 0 Å². The maximum atomic E-state index is 11.8. The van der Waals surface area contributed by atoms with E-state index in [4.69, 9.17) is 5.26 Å². The molecule has 0 aromatic carbocycles. The van der Waals surface area contributed by atoms with Crippen LogP contribution < -0.4 is 0 Å². The molecule has 0 aliphatic carbocycles. The molecular formula is C13H23N3O. The lowest BCUT2D eigenvalue weighted by atomic mass is 10.1. The third-order valence-corrected chi connectivity index (χ3v) is 3.07. The van der Waals surface area contributed by atoms with Crippen molar-refractivity contribution in [2.24, 2.45) is 5.92 Å². The predicted molar refractivity (Wildman–Crippen MR) is 67.3 cm³/mol. The number of unbranched alkanes of at least 4 members (excludes halogenated alkanes) is 1. The van der Waals surface area contributed by atoms with Gasteiger partial charge in [0.15, 0.2) is 0 Å². The summed E-state index contributed by atoms with van der Waals surface area (Å²) in [7, 11) is 0. The first kappa shape index (κ1) is 14.0. The fourth-order valence-corrected chi connectivity index (χ4v) is 2.08. The Labute approximate surface area is 104 Å². The molecule has 1 saturated heterocycles. The minimum absolute atomic E-state index is 0.289. The van der Waals surface area contributed by atoms with Gasteiger partial charge in [-0.25, -0.2) is 0 Å². The molecule has 1 rings (SSSR count). The molecule has 1 amide bonds. The van der Waals surface area contributed by atoms with Crippen LogP contribution >= 0.6 is 0 Å². The molecule has 0 saturated carbocycles. The van der Waals surface area contributed by atoms with Gasteiger partial charge in [-0.2, -0.15) is 5.26 Å². The van der Waals surface area contributed by atoms with E-state index < -0.39 is 0 Å². The van der Waals surface area contributed by atoms with Gasteiger partial charge in [-0.3, -0.25) is 9.69 Å². The van der Waals surface area contributed by atoms with Gasteiger partial charge >= 0.3 is 0 Å². The quantitative estimate of drug-likeness (QED) is 0.680. The summed E-state index contributed by atoms with van der Waals surface area (Å²) in [5.41, 5.74) is 0. The normalized spacial score (nSPS) is 17.2. The highest BCUT2D eigenvalue weighted by atomic mass is 16.2. The van der Waals surface area contributed by atoms with E-state index in [1.54, 1.807) is 0 Å². The standard InChI is InChI=1S/C13H23N3O/c1-12(2)11-13(17)16-9-7-15(8-10-16)6-4-3-5-14/h12H,3-4,6-11H2,1-2H3. The van der Waals surface area contributed by atoms with Crippen molar-refractivity contribution in [3.05, 3.63) is 0 Å². The second-order valence-electron chi connectivity index (χ2n) is 5.08. The van der Waals surface area contributed by atoms with Crippen LogP contribution in [0.5, 0.6) is 0 Å². The molecule has 1 fully saturated rings. The second kappa shape index (κ2) is 7.29. The monoisotopic (exact) mass is 237 g/mol. The molecule has 1 aliphatic heterocycles. The number of nitriles is 1. The Morgan fingerprint density at radius 3 is 2.47 bits per heavy atom. The van der Waals surface area contributed by atoms with Crippen LogP contribution in [0, 0.1) is 17.2 Å². The second-order valence-corrected chi connectivity index (χ2v) is 5.08. The SMILES string of the molecule is CC(C)CC(=O)N1CCN(CCCC#N)CC1. The molecule has 4 nitrogen and oxygen atoms in total. The van der Waals surface area contributed by atoms with Crippen LogP contribution in [0.2, 0.25) is 0 Å². The van der Waals surface area contributed by atoms with E-state index in [-0.39, 0.29) is 5.91 Å². The van der Waals surface area contributed by atoms with Gasteiger partial charge in [0, 0.05) is 39.0 Å². The third kappa shape index (κ3) is 5.18. The van der Waals surface area contributed by atoms with Gasteiger partial charge < -0.3 is 4.90 Å². The summed E-state index contributed by atoms with van der Waals surface area (Å²) in [6, 6.07) is 2.16. The summed E-state index contributed by atoms with van der Waals surface area (Å²) in [5.74, 6) is 0.729. The molecule has 0 aromatic heterocycles. The van der Waals surface area contributed by atoms with Gasteiger partial charge in [0.25, 0.3) is 0 Å². The number of amides is 1. The van der Waals surface area contributed by atoms with E-state index in [9.17, 15) is 4.79 Å². The number of piperazine rings is 1. The van der Waals surface area contributed by atoms with Crippen LogP contribution in [0.3, 0.4) is 0 Å². The summed E-state index contributed by atoms with van der Waals surface area (Å²) >= 11 is 0. The van der Waals surface area contributed by atoms with Crippen molar-refractivity contribution in [2.75, 3.05) is 32.7 Å². The number of hydrogen-bond acceptors (Lipinski definition) is 3. The molecule has 0 spiro atoms. The molecule has 0 unspecified atom stereocenters. The first-order valence-electron chi connectivity index (χ1n) is 6.50. The van der Waals surface area contributed by atoms with E-state index in [0.29, 0.717) is 18.8 Å². The fraction of sp³-hybridized carbons (Fsp3) is 0.846. The Balaban J connectivity index is 2.21. The molecule has 0 aromatic rings. The molecule has 0 bridgehead atoms. The first-order chi connectivity index (χ1) is 8.13. The van der Waals surface area contributed by atoms with Crippen LogP contribution in [-0.4, -0.2) is 48.4 Å². The van der Waals surface area contributed by atoms with Gasteiger partial charge in [-0.05, 0) is 18.9 Å². The molecule has 0 N–H and O–H groups in total. The predicted octanol–water partition coefficient (Wildman–Crippen LogP) is 1.48. The minimum Gasteiger partial charge on any atom is -0.340 e. The van der Waals surface area contributed by atoms with E-state index in [2.05, 4.69) is 24.8 Å². The lowest BCUT2D eigenvalue weighted by Crippen LogP contribution is -2.49. The lowest BCUT2D eigenvalue weighted by molar-refractivity contribution is -0.133. The van der Waals surface area contributed by atoms with E-state index in [1.165, 1.54) is 0 Å². The van der Waals surface area contributed by atoms with Crippen LogP contribution in [0.15, 0.2) is 0 Å². The lowest BCUT2D eigenvalue weighted by Gasteiger charge is -2.35. The number of rotatable bonds is 5. The minimum atomic E-state index is 0.289. The highest BCUT2D eigenvalue weighted by molar-refractivity contribution is 5.76. The summed E-state index contributed by atoms with van der Waals surface area (Å²) in [6.45, 7) is 8.74. The van der Waals surface area contributed by atoms with Crippen molar-refractivity contribution >= 4 is 5.91 Å².